The number of halogens is 2. The van der Waals surface area contributed by atoms with Crippen LogP contribution in [0.5, 0.6) is 0 Å². The summed E-state index contributed by atoms with van der Waals surface area (Å²) in [6.07, 6.45) is 11.5. The minimum atomic E-state index is -4.89. The molecule has 0 radical (unpaired) electrons. The van der Waals surface area contributed by atoms with Crippen LogP contribution in [0.1, 0.15) is 134 Å². The third-order valence-electron chi connectivity index (χ3n) is 13.7. The van der Waals surface area contributed by atoms with Gasteiger partial charge in [0.1, 0.15) is 0 Å². The van der Waals surface area contributed by atoms with Crippen molar-refractivity contribution in [3.05, 3.63) is 148 Å². The molecule has 4 aliphatic carbocycles. The van der Waals surface area contributed by atoms with Gasteiger partial charge in [0.2, 0.25) is 0 Å². The van der Waals surface area contributed by atoms with Crippen LogP contribution in [0.4, 0.5) is 0 Å². The van der Waals surface area contributed by atoms with Crippen molar-refractivity contribution in [1.29, 1.82) is 0 Å². The topological polar surface area (TPSA) is 0 Å². The van der Waals surface area contributed by atoms with Gasteiger partial charge in [-0.1, -0.05) is 0 Å². The summed E-state index contributed by atoms with van der Waals surface area (Å²) in [7, 11) is 0. The zero-order chi connectivity index (χ0) is 37.4. The van der Waals surface area contributed by atoms with Gasteiger partial charge in [-0.15, -0.1) is 24.8 Å². The van der Waals surface area contributed by atoms with E-state index in [4.69, 9.17) is 4.21 Å². The Balaban J connectivity index is 0.00000249. The van der Waals surface area contributed by atoms with Gasteiger partial charge in [0, 0.05) is 0 Å². The van der Waals surface area contributed by atoms with Crippen LogP contribution in [0, 0.1) is 0 Å². The molecule has 0 unspecified atom stereocenters. The van der Waals surface area contributed by atoms with Crippen molar-refractivity contribution in [2.75, 3.05) is 0 Å². The molecule has 0 heterocycles. The maximum atomic E-state index is 5.83. The third kappa shape index (κ3) is 5.57. The van der Waals surface area contributed by atoms with Crippen LogP contribution < -0.4 is 6.54 Å². The molecule has 0 N–H and O–H groups in total. The molecule has 0 atom stereocenters. The maximum absolute atomic E-state index is 5.83. The fraction of sp³-hybridized carbons (Fsp3) is 0.353. The Hall–Kier alpha value is -2.83. The van der Waals surface area contributed by atoms with Gasteiger partial charge in [0.15, 0.2) is 0 Å². The summed E-state index contributed by atoms with van der Waals surface area (Å²) in [4.78, 5) is 0. The van der Waals surface area contributed by atoms with E-state index < -0.39 is 18.3 Å². The first-order chi connectivity index (χ1) is 24.2. The first kappa shape index (κ1) is 40.8. The fourth-order valence-corrected chi connectivity index (χ4v) is 28.9. The van der Waals surface area contributed by atoms with Crippen LogP contribution in [0.3, 0.4) is 0 Å². The molecule has 4 aromatic rings. The van der Waals surface area contributed by atoms with Crippen molar-refractivity contribution < 1.29 is 18.3 Å². The van der Waals surface area contributed by atoms with E-state index in [1.54, 1.807) is 6.56 Å². The van der Waals surface area contributed by atoms with Gasteiger partial charge < -0.3 is 0 Å². The summed E-state index contributed by atoms with van der Waals surface area (Å²) in [6.45, 7) is 28.4. The number of fused-ring (bicyclic) bond motifs is 5. The van der Waals surface area contributed by atoms with E-state index in [9.17, 15) is 0 Å². The average molecular weight is 835 g/mol. The second-order valence-electron chi connectivity index (χ2n) is 19.9. The molecule has 0 saturated heterocycles. The zero-order valence-electron chi connectivity index (χ0n) is 34.7. The second-order valence-corrected chi connectivity index (χ2v) is 32.7. The minimum absolute atomic E-state index is 0. The monoisotopic (exact) mass is 832 g/mol. The predicted octanol–water partition coefficient (Wildman–Crippen LogP) is 13.0. The molecule has 282 valence electrons. The average Bonchev–Trinajstić information content (AvgIpc) is 3.83. The first-order valence-corrected chi connectivity index (χ1v) is 26.2. The Labute approximate surface area is 339 Å². The van der Waals surface area contributed by atoms with Crippen molar-refractivity contribution in [2.45, 2.75) is 118 Å². The number of hydrogen-bond donors (Lipinski definition) is 0. The molecule has 0 saturated carbocycles. The Kier molecular flexibility index (Phi) is 9.71. The van der Waals surface area contributed by atoms with Crippen molar-refractivity contribution in [3.8, 4) is 11.1 Å². The van der Waals surface area contributed by atoms with Gasteiger partial charge in [-0.2, -0.15) is 0 Å². The van der Waals surface area contributed by atoms with Crippen molar-refractivity contribution in [3.63, 3.8) is 0 Å². The van der Waals surface area contributed by atoms with Gasteiger partial charge >= 0.3 is 317 Å². The molecule has 8 rings (SSSR count). The molecule has 4 aliphatic rings. The van der Waals surface area contributed by atoms with E-state index in [2.05, 4.69) is 180 Å². The van der Waals surface area contributed by atoms with Crippen molar-refractivity contribution in [1.82, 2.24) is 0 Å². The summed E-state index contributed by atoms with van der Waals surface area (Å²) in [5.74, 6) is 0. The van der Waals surface area contributed by atoms with E-state index in [-0.39, 0.29) is 46.5 Å². The molecule has 0 fully saturated rings. The van der Waals surface area contributed by atoms with Gasteiger partial charge in [-0.3, -0.25) is 0 Å². The Morgan fingerprint density at radius 2 is 1.11 bits per heavy atom. The molecule has 0 amide bonds. The summed E-state index contributed by atoms with van der Waals surface area (Å²) in [5.41, 5.74) is 17.3. The Morgan fingerprint density at radius 3 is 1.57 bits per heavy atom. The van der Waals surface area contributed by atoms with Crippen LogP contribution in [0.25, 0.3) is 22.3 Å². The Morgan fingerprint density at radius 1 is 0.630 bits per heavy atom. The van der Waals surface area contributed by atoms with Crippen molar-refractivity contribution in [2.24, 2.45) is 0 Å². The molecule has 0 bridgehead atoms. The molecular weight excluding hydrogens is 775 g/mol. The van der Waals surface area contributed by atoms with Gasteiger partial charge in [-0.25, -0.2) is 0 Å². The van der Waals surface area contributed by atoms with Gasteiger partial charge in [0.25, 0.3) is 0 Å². The zero-order valence-corrected chi connectivity index (χ0v) is 38.8. The molecule has 3 heteroatoms. The van der Waals surface area contributed by atoms with E-state index in [0.717, 1.165) is 12.8 Å². The number of hydrogen-bond acceptors (Lipinski definition) is 0. The quantitative estimate of drug-likeness (QED) is 0.169. The molecular formula is C51H60Cl2Zr. The standard InChI is InChI=1S/C25H25.2C10H13.C5H5.CH2.2ClH.Zr/c1-14-12-24(3,4)22-8-16-7-17-9-23-19(15(2)13-25(23,5)6)11-21(17)20(16)10-18(14)22;2*1-10(2,3)9-7-5-4-6-8-9;1-2-4-5-3-1;;;;/h8-12H,7H2,1-6H3;2*5-8H,1-3H3;1-3H,4H2;1H2;2*1H;. The number of benzene rings is 4. The molecule has 0 nitrogen and oxygen atoms in total. The number of rotatable bonds is 4. The molecule has 0 aromatic heterocycles. The van der Waals surface area contributed by atoms with Gasteiger partial charge in [-0.05, 0) is 0 Å². The van der Waals surface area contributed by atoms with Crippen LogP contribution in [-0.4, -0.2) is 4.21 Å². The molecule has 54 heavy (non-hydrogen) atoms. The summed E-state index contributed by atoms with van der Waals surface area (Å²) in [6, 6.07) is 29.8. The van der Waals surface area contributed by atoms with Crippen LogP contribution in [0.2, 0.25) is 0 Å². The van der Waals surface area contributed by atoms with E-state index in [1.165, 1.54) is 73.3 Å². The van der Waals surface area contributed by atoms with Crippen LogP contribution in [-0.2, 0) is 46.4 Å². The summed E-state index contributed by atoms with van der Waals surface area (Å²) >= 11 is -4.89. The van der Waals surface area contributed by atoms with E-state index in [0.29, 0.717) is 0 Å². The van der Waals surface area contributed by atoms with E-state index >= 15 is 0 Å². The molecule has 0 spiro atoms. The SMILES string of the molecule is Cl.Cl.[CH2]=[Zr]([C]1=CC=CC1)([C]1=C(C)c2cc3c(cc2C1(C)C)Cc1cc2c(cc1-3)C(C)=CC2(C)C)([c]1ccc(C(C)(C)C)cc1)[c]1ccc(C(C)(C)C)cc1. The fourth-order valence-electron chi connectivity index (χ4n) is 11.0. The van der Waals surface area contributed by atoms with Crippen molar-refractivity contribution >= 4 is 46.7 Å². The van der Waals surface area contributed by atoms with Crippen LogP contribution >= 0.6 is 24.8 Å². The summed E-state index contributed by atoms with van der Waals surface area (Å²) < 4.78 is 11.9. The molecule has 4 aromatic carbocycles. The normalized spacial score (nSPS) is 17.9. The molecule has 0 aliphatic heterocycles. The second kappa shape index (κ2) is 12.8. The first-order valence-electron chi connectivity index (χ1n) is 19.6. The van der Waals surface area contributed by atoms with Gasteiger partial charge in [0.05, 0.1) is 0 Å². The third-order valence-corrected chi connectivity index (χ3v) is 31.2. The van der Waals surface area contributed by atoms with E-state index in [1.807, 2.05) is 0 Å². The number of allylic oxidation sites excluding steroid dienone is 8. The summed E-state index contributed by atoms with van der Waals surface area (Å²) in [5, 5.41) is 0. The Bertz CT molecular complexity index is 2350. The van der Waals surface area contributed by atoms with Crippen LogP contribution in [0.15, 0.2) is 104 Å². The predicted molar refractivity (Wildman–Crippen MR) is 240 cm³/mol.